The van der Waals surface area contributed by atoms with Gasteiger partial charge in [-0.1, -0.05) is 54.1 Å². The molecule has 1 N–H and O–H groups in total. The molecule has 144 valence electrons. The average Bonchev–Trinajstić information content (AvgIpc) is 2.82. The lowest BCUT2D eigenvalue weighted by Crippen LogP contribution is -2.41. The molecule has 0 aliphatic carbocycles. The molecular weight excluding hydrogens is 333 g/mol. The molecule has 0 radical (unpaired) electrons. The van der Waals surface area contributed by atoms with Crippen LogP contribution < -0.4 is 10.8 Å². The molecule has 1 saturated heterocycles. The number of benzene rings is 1. The van der Waals surface area contributed by atoms with Gasteiger partial charge in [-0.25, -0.2) is 0 Å². The molecule has 2 rings (SSSR count). The molecule has 0 bridgehead atoms. The van der Waals surface area contributed by atoms with Gasteiger partial charge < -0.3 is 14.6 Å². The van der Waals surface area contributed by atoms with Crippen molar-refractivity contribution in [3.8, 4) is 0 Å². The Morgan fingerprint density at radius 1 is 0.926 bits per heavy atom. The van der Waals surface area contributed by atoms with E-state index in [0.717, 1.165) is 5.46 Å². The van der Waals surface area contributed by atoms with Crippen molar-refractivity contribution in [2.45, 2.75) is 52.7 Å². The maximum atomic E-state index is 6.12. The predicted octanol–water partition coefficient (Wildman–Crippen LogP) is 4.62. The zero-order valence-corrected chi connectivity index (χ0v) is 17.7. The molecule has 1 aliphatic heterocycles. The summed E-state index contributed by atoms with van der Waals surface area (Å²) in [7, 11) is 1.57. The summed E-state index contributed by atoms with van der Waals surface area (Å²) in [6.07, 6.45) is 12.2. The molecule has 0 unspecified atom stereocenters. The molecule has 0 saturated carbocycles. The molecule has 0 spiro atoms. The van der Waals surface area contributed by atoms with Crippen LogP contribution in [0.4, 0.5) is 0 Å². The van der Waals surface area contributed by atoms with Gasteiger partial charge in [0.2, 0.25) is 0 Å². The topological polar surface area (TPSA) is 30.5 Å². The van der Waals surface area contributed by atoms with Crippen LogP contribution in [0.5, 0.6) is 0 Å². The fourth-order valence-corrected chi connectivity index (χ4v) is 2.78. The largest absolute Gasteiger partial charge is 0.494 e. The molecule has 1 aromatic rings. The third-order valence-electron chi connectivity index (χ3n) is 5.18. The Morgan fingerprint density at radius 3 is 2.07 bits per heavy atom. The molecule has 1 aromatic carbocycles. The molecule has 0 aromatic heterocycles. The predicted molar refractivity (Wildman–Crippen MR) is 117 cm³/mol. The number of hydrogen-bond donors (Lipinski definition) is 1. The smallest absolute Gasteiger partial charge is 0.399 e. The van der Waals surface area contributed by atoms with E-state index in [1.54, 1.807) is 0 Å². The number of hydrogen-bond acceptors (Lipinski definition) is 3. The highest BCUT2D eigenvalue weighted by atomic mass is 16.7. The maximum Gasteiger partial charge on any atom is 0.494 e. The summed E-state index contributed by atoms with van der Waals surface area (Å²) in [5.74, 6) is 0. The SMILES string of the molecule is CN/C=C/C=C\C=C(C)\C=C(/C)c1ccc(B2OC(C)(C)C(C)(C)O2)cc1. The lowest BCUT2D eigenvalue weighted by molar-refractivity contribution is 0.00578. The molecule has 27 heavy (non-hydrogen) atoms. The first-order chi connectivity index (χ1) is 12.7. The zero-order chi connectivity index (χ0) is 20.1. The van der Waals surface area contributed by atoms with Crippen LogP contribution in [-0.4, -0.2) is 25.4 Å². The molecule has 1 aliphatic rings. The van der Waals surface area contributed by atoms with Gasteiger partial charge in [-0.05, 0) is 70.4 Å². The molecule has 1 fully saturated rings. The van der Waals surface area contributed by atoms with E-state index in [-0.39, 0.29) is 18.3 Å². The third kappa shape index (κ3) is 5.47. The fraction of sp³-hybridized carbons (Fsp3) is 0.391. The second-order valence-corrected chi connectivity index (χ2v) is 7.98. The third-order valence-corrected chi connectivity index (χ3v) is 5.18. The van der Waals surface area contributed by atoms with Gasteiger partial charge in [0, 0.05) is 7.05 Å². The van der Waals surface area contributed by atoms with Gasteiger partial charge in [0.1, 0.15) is 0 Å². The Hall–Kier alpha value is -2.04. The first kappa shape index (κ1) is 21.3. The van der Waals surface area contributed by atoms with E-state index in [4.69, 9.17) is 9.31 Å². The van der Waals surface area contributed by atoms with Crippen molar-refractivity contribution in [2.75, 3.05) is 7.05 Å². The number of rotatable bonds is 6. The van der Waals surface area contributed by atoms with Crippen molar-refractivity contribution >= 4 is 18.2 Å². The summed E-state index contributed by atoms with van der Waals surface area (Å²) in [4.78, 5) is 0. The van der Waals surface area contributed by atoms with Crippen LogP contribution in [0.25, 0.3) is 5.57 Å². The van der Waals surface area contributed by atoms with Gasteiger partial charge in [0.05, 0.1) is 11.2 Å². The van der Waals surface area contributed by atoms with Gasteiger partial charge in [-0.3, -0.25) is 0 Å². The normalized spacial score (nSPS) is 20.0. The second kappa shape index (κ2) is 8.77. The standard InChI is InChI=1S/C23H32BNO2/c1-18(11-9-8-10-16-25-7)17-19(2)20-12-14-21(15-13-20)24-26-22(3,4)23(5,6)27-24/h8-17,25H,1-7H3/b9-8-,16-10+,18-11+,19-17+. The van der Waals surface area contributed by atoms with Gasteiger partial charge in [0.15, 0.2) is 0 Å². The van der Waals surface area contributed by atoms with Crippen LogP contribution in [0.1, 0.15) is 47.1 Å². The van der Waals surface area contributed by atoms with Gasteiger partial charge in [0.25, 0.3) is 0 Å². The summed E-state index contributed by atoms with van der Waals surface area (Å²) in [6, 6.07) is 8.45. The van der Waals surface area contributed by atoms with E-state index in [0.29, 0.717) is 0 Å². The van der Waals surface area contributed by atoms with E-state index in [2.05, 4.69) is 83.3 Å². The van der Waals surface area contributed by atoms with E-state index in [1.165, 1.54) is 16.7 Å². The molecular formula is C23H32BNO2. The van der Waals surface area contributed by atoms with E-state index >= 15 is 0 Å². The van der Waals surface area contributed by atoms with Gasteiger partial charge in [-0.2, -0.15) is 0 Å². The molecule has 1 heterocycles. The molecule has 0 amide bonds. The van der Waals surface area contributed by atoms with E-state index in [9.17, 15) is 0 Å². The van der Waals surface area contributed by atoms with Crippen LogP contribution in [0.3, 0.4) is 0 Å². The van der Waals surface area contributed by atoms with Crippen molar-refractivity contribution in [1.82, 2.24) is 5.32 Å². The average molecular weight is 365 g/mol. The first-order valence-corrected chi connectivity index (χ1v) is 9.48. The van der Waals surface area contributed by atoms with Crippen molar-refractivity contribution in [3.05, 3.63) is 72.0 Å². The minimum Gasteiger partial charge on any atom is -0.399 e. The Balaban J connectivity index is 2.07. The molecule has 4 heteroatoms. The summed E-state index contributed by atoms with van der Waals surface area (Å²) in [5, 5.41) is 2.96. The Bertz CT molecular complexity index is 739. The van der Waals surface area contributed by atoms with Crippen molar-refractivity contribution in [1.29, 1.82) is 0 Å². The molecule has 3 nitrogen and oxygen atoms in total. The van der Waals surface area contributed by atoms with Crippen LogP contribution >= 0.6 is 0 Å². The maximum absolute atomic E-state index is 6.12. The highest BCUT2D eigenvalue weighted by Gasteiger charge is 2.51. The second-order valence-electron chi connectivity index (χ2n) is 7.98. The van der Waals surface area contributed by atoms with Crippen molar-refractivity contribution in [2.24, 2.45) is 0 Å². The zero-order valence-electron chi connectivity index (χ0n) is 17.7. The lowest BCUT2D eigenvalue weighted by Gasteiger charge is -2.32. The summed E-state index contributed by atoms with van der Waals surface area (Å²) in [6.45, 7) is 12.5. The van der Waals surface area contributed by atoms with Gasteiger partial charge in [-0.15, -0.1) is 0 Å². The Morgan fingerprint density at radius 2 is 1.52 bits per heavy atom. The van der Waals surface area contributed by atoms with Crippen molar-refractivity contribution in [3.63, 3.8) is 0 Å². The van der Waals surface area contributed by atoms with Crippen LogP contribution in [0.15, 0.2) is 66.4 Å². The molecule has 0 atom stereocenters. The number of allylic oxidation sites excluding steroid dienone is 7. The quantitative estimate of drug-likeness (QED) is 0.589. The minimum atomic E-state index is -0.316. The first-order valence-electron chi connectivity index (χ1n) is 9.48. The summed E-state index contributed by atoms with van der Waals surface area (Å²) in [5.41, 5.74) is 4.05. The highest BCUT2D eigenvalue weighted by Crippen LogP contribution is 2.36. The highest BCUT2D eigenvalue weighted by molar-refractivity contribution is 6.62. The summed E-state index contributed by atoms with van der Waals surface area (Å²) < 4.78 is 12.2. The Labute approximate surface area is 165 Å². The van der Waals surface area contributed by atoms with Crippen LogP contribution in [0, 0.1) is 0 Å². The number of nitrogens with one attached hydrogen (secondary N) is 1. The monoisotopic (exact) mass is 365 g/mol. The van der Waals surface area contributed by atoms with E-state index < -0.39 is 0 Å². The lowest BCUT2D eigenvalue weighted by atomic mass is 9.78. The summed E-state index contributed by atoms with van der Waals surface area (Å²) >= 11 is 0. The minimum absolute atomic E-state index is 0.314. The van der Waals surface area contributed by atoms with Crippen molar-refractivity contribution < 1.29 is 9.31 Å². The van der Waals surface area contributed by atoms with Gasteiger partial charge >= 0.3 is 7.12 Å². The van der Waals surface area contributed by atoms with Crippen LogP contribution in [0.2, 0.25) is 0 Å². The van der Waals surface area contributed by atoms with E-state index in [1.807, 2.05) is 31.5 Å². The Kier molecular flexibility index (Phi) is 6.91. The van der Waals surface area contributed by atoms with Crippen LogP contribution in [-0.2, 0) is 9.31 Å². The fourth-order valence-electron chi connectivity index (χ4n) is 2.78.